The van der Waals surface area contributed by atoms with Crippen molar-refractivity contribution >= 4 is 33.4 Å². The molecule has 0 spiro atoms. The second-order valence-electron chi connectivity index (χ2n) is 8.34. The highest BCUT2D eigenvalue weighted by molar-refractivity contribution is 7.89. The summed E-state index contributed by atoms with van der Waals surface area (Å²) in [5.41, 5.74) is 0.284. The smallest absolute Gasteiger partial charge is 0.253 e. The van der Waals surface area contributed by atoms with Crippen LogP contribution in [0.3, 0.4) is 0 Å². The van der Waals surface area contributed by atoms with Crippen LogP contribution in [0.15, 0.2) is 23.1 Å². The molecular formula is C22H34ClN3O4S. The molecule has 0 aliphatic carbocycles. The van der Waals surface area contributed by atoms with Gasteiger partial charge in [-0.2, -0.15) is 4.31 Å². The Morgan fingerprint density at radius 1 is 1.16 bits per heavy atom. The van der Waals surface area contributed by atoms with Crippen LogP contribution in [-0.2, 0) is 14.8 Å². The quantitative estimate of drug-likeness (QED) is 0.629. The van der Waals surface area contributed by atoms with E-state index in [4.69, 9.17) is 11.6 Å². The normalized spacial score (nSPS) is 16.6. The Morgan fingerprint density at radius 3 is 2.26 bits per heavy atom. The number of sulfonamides is 1. The Labute approximate surface area is 191 Å². The van der Waals surface area contributed by atoms with Crippen molar-refractivity contribution < 1.29 is 18.0 Å². The van der Waals surface area contributed by atoms with E-state index >= 15 is 0 Å². The van der Waals surface area contributed by atoms with Crippen molar-refractivity contribution in [2.24, 2.45) is 11.8 Å². The van der Waals surface area contributed by atoms with Crippen molar-refractivity contribution in [2.45, 2.75) is 58.4 Å². The van der Waals surface area contributed by atoms with Gasteiger partial charge in [-0.3, -0.25) is 9.59 Å². The fourth-order valence-electron chi connectivity index (χ4n) is 3.57. The topological polar surface area (TPSA) is 86.8 Å². The molecule has 1 atom stereocenters. The maximum atomic E-state index is 13.0. The average Bonchev–Trinajstić information content (AvgIpc) is 2.74. The van der Waals surface area contributed by atoms with Gasteiger partial charge in [-0.1, -0.05) is 39.3 Å². The number of carbonyl (C=O) groups excluding carboxylic acids is 2. The number of nitrogens with zero attached hydrogens (tertiary/aromatic N) is 2. The maximum Gasteiger partial charge on any atom is 0.253 e. The molecule has 2 amide bonds. The highest BCUT2D eigenvalue weighted by Gasteiger charge is 2.30. The van der Waals surface area contributed by atoms with Gasteiger partial charge in [-0.25, -0.2) is 8.42 Å². The molecule has 0 aromatic heterocycles. The van der Waals surface area contributed by atoms with Crippen molar-refractivity contribution in [2.75, 3.05) is 26.2 Å². The van der Waals surface area contributed by atoms with Crippen LogP contribution in [0.2, 0.25) is 5.02 Å². The van der Waals surface area contributed by atoms with Crippen molar-refractivity contribution in [3.63, 3.8) is 0 Å². The second-order valence-corrected chi connectivity index (χ2v) is 10.7. The SMILES string of the molecule is CCN(CC)S(=O)(=O)c1cc(C(=O)N2CCC(C(=O)NC(C)C(C)C)CC2)ccc1Cl. The highest BCUT2D eigenvalue weighted by atomic mass is 35.5. The molecule has 0 bridgehead atoms. The van der Waals surface area contributed by atoms with E-state index < -0.39 is 10.0 Å². The Hall–Kier alpha value is -1.64. The van der Waals surface area contributed by atoms with Crippen LogP contribution in [0.25, 0.3) is 0 Å². The molecule has 0 radical (unpaired) electrons. The zero-order valence-corrected chi connectivity index (χ0v) is 20.6. The number of rotatable bonds is 8. The largest absolute Gasteiger partial charge is 0.353 e. The van der Waals surface area contributed by atoms with Gasteiger partial charge in [0.05, 0.1) is 5.02 Å². The molecule has 1 aliphatic rings. The standard InChI is InChI=1S/C22H34ClN3O4S/c1-6-26(7-2)31(29,30)20-14-18(8-9-19(20)23)22(28)25-12-10-17(11-13-25)21(27)24-16(5)15(3)4/h8-9,14-17H,6-7,10-13H2,1-5H3,(H,24,27). The molecule has 1 N–H and O–H groups in total. The van der Waals surface area contributed by atoms with E-state index in [1.807, 2.05) is 6.92 Å². The van der Waals surface area contributed by atoms with Crippen molar-refractivity contribution in [3.8, 4) is 0 Å². The summed E-state index contributed by atoms with van der Waals surface area (Å²) in [6.07, 6.45) is 1.17. The minimum Gasteiger partial charge on any atom is -0.353 e. The average molecular weight is 472 g/mol. The number of carbonyl (C=O) groups is 2. The molecule has 9 heteroatoms. The molecule has 1 heterocycles. The van der Waals surface area contributed by atoms with Crippen molar-refractivity contribution in [1.82, 2.24) is 14.5 Å². The van der Waals surface area contributed by atoms with Crippen LogP contribution >= 0.6 is 11.6 Å². The summed E-state index contributed by atoms with van der Waals surface area (Å²) in [6.45, 7) is 11.2. The summed E-state index contributed by atoms with van der Waals surface area (Å²) in [5, 5.41) is 3.14. The molecular weight excluding hydrogens is 438 g/mol. The first-order valence-electron chi connectivity index (χ1n) is 10.9. The van der Waals surface area contributed by atoms with Gasteiger partial charge in [0.2, 0.25) is 15.9 Å². The molecule has 2 rings (SSSR count). The number of halogens is 1. The number of hydrogen-bond acceptors (Lipinski definition) is 4. The highest BCUT2D eigenvalue weighted by Crippen LogP contribution is 2.27. The zero-order chi connectivity index (χ0) is 23.3. The molecule has 1 aliphatic heterocycles. The Morgan fingerprint density at radius 2 is 1.74 bits per heavy atom. The minimum atomic E-state index is -3.78. The number of hydrogen-bond donors (Lipinski definition) is 1. The van der Waals surface area contributed by atoms with Gasteiger partial charge in [-0.05, 0) is 43.9 Å². The number of piperidine rings is 1. The Bertz CT molecular complexity index is 892. The van der Waals surface area contributed by atoms with Crippen molar-refractivity contribution in [1.29, 1.82) is 0 Å². The lowest BCUT2D eigenvalue weighted by molar-refractivity contribution is -0.127. The number of nitrogens with one attached hydrogen (secondary N) is 1. The van der Waals surface area contributed by atoms with Crippen LogP contribution in [0.5, 0.6) is 0 Å². The molecule has 174 valence electrons. The van der Waals surface area contributed by atoms with Gasteiger partial charge >= 0.3 is 0 Å². The first kappa shape index (κ1) is 25.6. The monoisotopic (exact) mass is 471 g/mol. The summed E-state index contributed by atoms with van der Waals surface area (Å²) in [4.78, 5) is 27.1. The first-order chi connectivity index (χ1) is 14.5. The molecule has 0 saturated carbocycles. The van der Waals surface area contributed by atoms with Crippen molar-refractivity contribution in [3.05, 3.63) is 28.8 Å². The Balaban J connectivity index is 2.11. The molecule has 1 saturated heterocycles. The molecule has 1 aromatic rings. The molecule has 1 fully saturated rings. The van der Waals surface area contributed by atoms with Gasteiger partial charge in [0.1, 0.15) is 4.90 Å². The lowest BCUT2D eigenvalue weighted by Gasteiger charge is -2.32. The first-order valence-corrected chi connectivity index (χ1v) is 12.7. The third-order valence-electron chi connectivity index (χ3n) is 6.02. The van der Waals surface area contributed by atoms with E-state index in [2.05, 4.69) is 19.2 Å². The van der Waals surface area contributed by atoms with E-state index in [9.17, 15) is 18.0 Å². The summed E-state index contributed by atoms with van der Waals surface area (Å²) in [7, 11) is -3.78. The molecule has 31 heavy (non-hydrogen) atoms. The molecule has 1 aromatic carbocycles. The number of amides is 2. The van der Waals surface area contributed by atoms with E-state index in [0.29, 0.717) is 44.9 Å². The minimum absolute atomic E-state index is 0.0346. The lowest BCUT2D eigenvalue weighted by Crippen LogP contribution is -2.45. The predicted molar refractivity (Wildman–Crippen MR) is 123 cm³/mol. The maximum absolute atomic E-state index is 13.0. The fraction of sp³-hybridized carbons (Fsp3) is 0.636. The number of benzene rings is 1. The van der Waals surface area contributed by atoms with E-state index in [-0.39, 0.29) is 39.3 Å². The van der Waals surface area contributed by atoms with Gasteiger partial charge in [0.15, 0.2) is 0 Å². The lowest BCUT2D eigenvalue weighted by atomic mass is 9.94. The van der Waals surface area contributed by atoms with Crippen LogP contribution in [0.1, 0.15) is 57.8 Å². The molecule has 7 nitrogen and oxygen atoms in total. The second kappa shape index (κ2) is 10.8. The van der Waals surface area contributed by atoms with Crippen LogP contribution in [-0.4, -0.2) is 61.7 Å². The Kier molecular flexibility index (Phi) is 8.92. The fourth-order valence-corrected chi connectivity index (χ4v) is 5.53. The zero-order valence-electron chi connectivity index (χ0n) is 19.0. The van der Waals surface area contributed by atoms with Gasteiger partial charge in [0, 0.05) is 43.7 Å². The van der Waals surface area contributed by atoms with E-state index in [0.717, 1.165) is 0 Å². The van der Waals surface area contributed by atoms with Crippen LogP contribution in [0, 0.1) is 11.8 Å². The third-order valence-corrected chi connectivity index (χ3v) is 8.56. The summed E-state index contributed by atoms with van der Waals surface area (Å²) in [5.74, 6) is 0.0286. The molecule has 1 unspecified atom stereocenters. The van der Waals surface area contributed by atoms with Gasteiger partial charge in [0.25, 0.3) is 5.91 Å². The third kappa shape index (κ3) is 5.99. The predicted octanol–water partition coefficient (Wildman–Crippen LogP) is 3.38. The van der Waals surface area contributed by atoms with E-state index in [1.54, 1.807) is 24.8 Å². The van der Waals surface area contributed by atoms with E-state index in [1.165, 1.54) is 16.4 Å². The summed E-state index contributed by atoms with van der Waals surface area (Å²) in [6, 6.07) is 4.47. The number of likely N-dealkylation sites (tertiary alicyclic amines) is 1. The summed E-state index contributed by atoms with van der Waals surface area (Å²) < 4.78 is 27.1. The van der Waals surface area contributed by atoms with Crippen LogP contribution in [0.4, 0.5) is 0 Å². The summed E-state index contributed by atoms with van der Waals surface area (Å²) >= 11 is 6.17. The van der Waals surface area contributed by atoms with Gasteiger partial charge < -0.3 is 10.2 Å². The van der Waals surface area contributed by atoms with Gasteiger partial charge in [-0.15, -0.1) is 0 Å². The van der Waals surface area contributed by atoms with Crippen LogP contribution < -0.4 is 5.32 Å².